The first-order valence-electron chi connectivity index (χ1n) is 7.25. The molecule has 2 heterocycles. The third kappa shape index (κ3) is 2.40. The zero-order valence-corrected chi connectivity index (χ0v) is 12.9. The summed E-state index contributed by atoms with van der Waals surface area (Å²) in [5.41, 5.74) is 3.54. The highest BCUT2D eigenvalue weighted by molar-refractivity contribution is 5.48. The van der Waals surface area contributed by atoms with Gasteiger partial charge < -0.3 is 19.2 Å². The largest absolute Gasteiger partial charge is 0.486 e. The molecule has 1 aromatic carbocycles. The van der Waals surface area contributed by atoms with Crippen LogP contribution in [-0.4, -0.2) is 20.3 Å². The summed E-state index contributed by atoms with van der Waals surface area (Å²) < 4.78 is 17.0. The Hall–Kier alpha value is -1.94. The lowest BCUT2D eigenvalue weighted by atomic mass is 9.95. The fraction of sp³-hybridized carbons (Fsp3) is 0.412. The van der Waals surface area contributed by atoms with Crippen molar-refractivity contribution in [3.05, 3.63) is 46.4 Å². The lowest BCUT2D eigenvalue weighted by Gasteiger charge is -2.22. The van der Waals surface area contributed by atoms with E-state index in [1.54, 1.807) is 0 Å². The Bertz CT molecular complexity index is 660. The summed E-state index contributed by atoms with van der Waals surface area (Å²) in [4.78, 5) is 0. The van der Waals surface area contributed by atoms with Crippen molar-refractivity contribution in [3.63, 3.8) is 0 Å². The molecule has 1 aliphatic heterocycles. The van der Waals surface area contributed by atoms with Gasteiger partial charge in [-0.3, -0.25) is 0 Å². The average Bonchev–Trinajstić information content (AvgIpc) is 2.74. The molecule has 112 valence electrons. The van der Waals surface area contributed by atoms with E-state index in [-0.39, 0.29) is 6.04 Å². The standard InChI is InChI=1S/C17H21NO3/c1-10-11(2)21-12(3)16(10)17(18-4)13-5-6-14-15(9-13)20-8-7-19-14/h5-6,9,17-18H,7-8H2,1-4H3. The predicted molar refractivity (Wildman–Crippen MR) is 81.3 cm³/mol. The Labute approximate surface area is 125 Å². The molecule has 0 amide bonds. The van der Waals surface area contributed by atoms with Crippen molar-refractivity contribution in [3.8, 4) is 11.5 Å². The van der Waals surface area contributed by atoms with Gasteiger partial charge in [0.05, 0.1) is 6.04 Å². The Kier molecular flexibility index (Phi) is 3.64. The Morgan fingerprint density at radius 3 is 2.33 bits per heavy atom. The Morgan fingerprint density at radius 1 is 1.00 bits per heavy atom. The summed E-state index contributed by atoms with van der Waals surface area (Å²) in [6.07, 6.45) is 0. The van der Waals surface area contributed by atoms with Crippen molar-refractivity contribution in [1.82, 2.24) is 5.32 Å². The van der Waals surface area contributed by atoms with Crippen LogP contribution in [0, 0.1) is 20.8 Å². The summed E-state index contributed by atoms with van der Waals surface area (Å²) in [5.74, 6) is 3.56. The number of hydrogen-bond acceptors (Lipinski definition) is 4. The molecule has 1 unspecified atom stereocenters. The summed E-state index contributed by atoms with van der Waals surface area (Å²) in [7, 11) is 1.96. The van der Waals surface area contributed by atoms with E-state index in [0.717, 1.165) is 28.6 Å². The summed E-state index contributed by atoms with van der Waals surface area (Å²) in [6, 6.07) is 6.19. The monoisotopic (exact) mass is 287 g/mol. The van der Waals surface area contributed by atoms with Gasteiger partial charge in [0.15, 0.2) is 11.5 Å². The van der Waals surface area contributed by atoms with Gasteiger partial charge in [-0.15, -0.1) is 0 Å². The molecule has 4 nitrogen and oxygen atoms in total. The number of furan rings is 1. The van der Waals surface area contributed by atoms with E-state index in [0.29, 0.717) is 13.2 Å². The second-order valence-electron chi connectivity index (χ2n) is 5.38. The van der Waals surface area contributed by atoms with Crippen LogP contribution in [0.1, 0.15) is 34.3 Å². The van der Waals surface area contributed by atoms with Crippen LogP contribution >= 0.6 is 0 Å². The summed E-state index contributed by atoms with van der Waals surface area (Å²) in [5, 5.41) is 3.38. The molecular weight excluding hydrogens is 266 g/mol. The van der Waals surface area contributed by atoms with E-state index in [4.69, 9.17) is 13.9 Å². The summed E-state index contributed by atoms with van der Waals surface area (Å²) in [6.45, 7) is 7.33. The van der Waals surface area contributed by atoms with E-state index >= 15 is 0 Å². The fourth-order valence-corrected chi connectivity index (χ4v) is 2.95. The maximum atomic E-state index is 5.77. The molecule has 21 heavy (non-hydrogen) atoms. The van der Waals surface area contributed by atoms with Crippen LogP contribution < -0.4 is 14.8 Å². The number of hydrogen-bond donors (Lipinski definition) is 1. The lowest BCUT2D eigenvalue weighted by Crippen LogP contribution is -2.20. The average molecular weight is 287 g/mol. The zero-order valence-electron chi connectivity index (χ0n) is 12.9. The van der Waals surface area contributed by atoms with E-state index in [2.05, 4.69) is 24.4 Å². The van der Waals surface area contributed by atoms with Crippen LogP contribution in [0.5, 0.6) is 11.5 Å². The SMILES string of the molecule is CNC(c1ccc2c(c1)OCCO2)c1c(C)oc(C)c1C. The first-order chi connectivity index (χ1) is 10.1. The van der Waals surface area contributed by atoms with Gasteiger partial charge in [0.1, 0.15) is 24.7 Å². The normalized spacial score (nSPS) is 15.0. The van der Waals surface area contributed by atoms with Crippen molar-refractivity contribution in [2.75, 3.05) is 20.3 Å². The van der Waals surface area contributed by atoms with E-state index in [9.17, 15) is 0 Å². The number of nitrogens with one attached hydrogen (secondary N) is 1. The third-order valence-corrected chi connectivity index (χ3v) is 4.09. The number of aryl methyl sites for hydroxylation is 2. The molecule has 0 fully saturated rings. The zero-order chi connectivity index (χ0) is 15.0. The maximum Gasteiger partial charge on any atom is 0.161 e. The molecule has 0 saturated heterocycles. The molecule has 0 spiro atoms. The number of fused-ring (bicyclic) bond motifs is 1. The molecule has 1 N–H and O–H groups in total. The Morgan fingerprint density at radius 2 is 1.71 bits per heavy atom. The minimum Gasteiger partial charge on any atom is -0.486 e. The molecule has 1 aliphatic rings. The van der Waals surface area contributed by atoms with Crippen molar-refractivity contribution >= 4 is 0 Å². The number of rotatable bonds is 3. The van der Waals surface area contributed by atoms with Crippen LogP contribution in [0.4, 0.5) is 0 Å². The van der Waals surface area contributed by atoms with E-state index in [1.165, 1.54) is 11.1 Å². The molecule has 3 rings (SSSR count). The topological polar surface area (TPSA) is 43.6 Å². The number of ether oxygens (including phenoxy) is 2. The van der Waals surface area contributed by atoms with Crippen molar-refractivity contribution < 1.29 is 13.9 Å². The molecule has 1 atom stereocenters. The van der Waals surface area contributed by atoms with Crippen LogP contribution in [0.3, 0.4) is 0 Å². The quantitative estimate of drug-likeness (QED) is 0.941. The Balaban J connectivity index is 2.04. The second-order valence-corrected chi connectivity index (χ2v) is 5.38. The molecule has 1 aromatic heterocycles. The second kappa shape index (κ2) is 5.45. The highest BCUT2D eigenvalue weighted by Gasteiger charge is 2.23. The van der Waals surface area contributed by atoms with Crippen molar-refractivity contribution in [2.45, 2.75) is 26.8 Å². The highest BCUT2D eigenvalue weighted by atomic mass is 16.6. The van der Waals surface area contributed by atoms with Gasteiger partial charge in [-0.25, -0.2) is 0 Å². The molecule has 0 radical (unpaired) electrons. The maximum absolute atomic E-state index is 5.77. The fourth-order valence-electron chi connectivity index (χ4n) is 2.95. The molecule has 2 aromatic rings. The van der Waals surface area contributed by atoms with Gasteiger partial charge >= 0.3 is 0 Å². The van der Waals surface area contributed by atoms with Gasteiger partial charge in [-0.1, -0.05) is 6.07 Å². The minimum atomic E-state index is 0.0817. The lowest BCUT2D eigenvalue weighted by molar-refractivity contribution is 0.171. The van der Waals surface area contributed by atoms with Gasteiger partial charge in [0.2, 0.25) is 0 Å². The molecule has 0 aliphatic carbocycles. The first-order valence-corrected chi connectivity index (χ1v) is 7.25. The van der Waals surface area contributed by atoms with Crippen molar-refractivity contribution in [2.24, 2.45) is 0 Å². The van der Waals surface area contributed by atoms with Crippen molar-refractivity contribution in [1.29, 1.82) is 0 Å². The van der Waals surface area contributed by atoms with E-state index < -0.39 is 0 Å². The number of benzene rings is 1. The minimum absolute atomic E-state index is 0.0817. The highest BCUT2D eigenvalue weighted by Crippen LogP contribution is 2.36. The van der Waals surface area contributed by atoms with Gasteiger partial charge in [0.25, 0.3) is 0 Å². The van der Waals surface area contributed by atoms with Crippen LogP contribution in [0.25, 0.3) is 0 Å². The van der Waals surface area contributed by atoms with Crippen LogP contribution in [0.2, 0.25) is 0 Å². The smallest absolute Gasteiger partial charge is 0.161 e. The van der Waals surface area contributed by atoms with E-state index in [1.807, 2.05) is 27.0 Å². The molecular formula is C17H21NO3. The van der Waals surface area contributed by atoms with Crippen LogP contribution in [-0.2, 0) is 0 Å². The van der Waals surface area contributed by atoms with Gasteiger partial charge in [-0.05, 0) is 51.1 Å². The predicted octanol–water partition coefficient (Wildman–Crippen LogP) is 3.28. The molecule has 4 heteroatoms. The summed E-state index contributed by atoms with van der Waals surface area (Å²) >= 11 is 0. The van der Waals surface area contributed by atoms with Crippen LogP contribution in [0.15, 0.2) is 22.6 Å². The molecule has 0 bridgehead atoms. The van der Waals surface area contributed by atoms with Gasteiger partial charge in [-0.2, -0.15) is 0 Å². The third-order valence-electron chi connectivity index (χ3n) is 4.09. The first kappa shape index (κ1) is 14.0. The molecule has 0 saturated carbocycles. The van der Waals surface area contributed by atoms with Gasteiger partial charge in [0, 0.05) is 5.56 Å².